The van der Waals surface area contributed by atoms with Crippen molar-refractivity contribution in [1.82, 2.24) is 5.32 Å². The predicted molar refractivity (Wildman–Crippen MR) is 129 cm³/mol. The SMILES string of the molecule is COCCOCCCN=C(NCCS(C)(=O)=O)Nc1ccc(OC(C)C)cc1.I. The Labute approximate surface area is 191 Å². The number of nitrogens with one attached hydrogen (secondary N) is 2. The van der Waals surface area contributed by atoms with E-state index in [4.69, 9.17) is 14.2 Å². The van der Waals surface area contributed by atoms with Gasteiger partial charge in [-0.1, -0.05) is 0 Å². The van der Waals surface area contributed by atoms with E-state index in [9.17, 15) is 8.42 Å². The van der Waals surface area contributed by atoms with Crippen LogP contribution < -0.4 is 15.4 Å². The number of aliphatic imine (C=N–C) groups is 1. The molecule has 1 aromatic carbocycles. The quantitative estimate of drug-likeness (QED) is 0.171. The average molecular weight is 543 g/mol. The molecule has 0 bridgehead atoms. The van der Waals surface area contributed by atoms with Gasteiger partial charge in [-0.05, 0) is 44.5 Å². The van der Waals surface area contributed by atoms with Gasteiger partial charge in [-0.15, -0.1) is 24.0 Å². The minimum absolute atomic E-state index is 0. The van der Waals surface area contributed by atoms with Crippen LogP contribution in [0.25, 0.3) is 0 Å². The van der Waals surface area contributed by atoms with Crippen molar-refractivity contribution in [2.24, 2.45) is 4.99 Å². The van der Waals surface area contributed by atoms with Gasteiger partial charge in [0.05, 0.1) is 25.1 Å². The molecule has 0 aliphatic rings. The molecule has 0 amide bonds. The minimum atomic E-state index is -3.04. The van der Waals surface area contributed by atoms with Gasteiger partial charge in [0.1, 0.15) is 15.6 Å². The van der Waals surface area contributed by atoms with Gasteiger partial charge in [0, 0.05) is 38.7 Å². The first-order chi connectivity index (χ1) is 13.3. The van der Waals surface area contributed by atoms with Crippen LogP contribution in [0.1, 0.15) is 20.3 Å². The minimum Gasteiger partial charge on any atom is -0.491 e. The van der Waals surface area contributed by atoms with E-state index in [1.807, 2.05) is 38.1 Å². The second-order valence-electron chi connectivity index (χ2n) is 6.56. The normalized spacial score (nSPS) is 11.8. The second-order valence-corrected chi connectivity index (χ2v) is 8.82. The van der Waals surface area contributed by atoms with Crippen molar-refractivity contribution in [3.05, 3.63) is 24.3 Å². The van der Waals surface area contributed by atoms with Gasteiger partial charge in [-0.25, -0.2) is 8.42 Å². The Kier molecular flexibility index (Phi) is 15.1. The van der Waals surface area contributed by atoms with Crippen molar-refractivity contribution in [2.45, 2.75) is 26.4 Å². The molecule has 29 heavy (non-hydrogen) atoms. The number of sulfone groups is 1. The van der Waals surface area contributed by atoms with E-state index >= 15 is 0 Å². The van der Waals surface area contributed by atoms with Crippen molar-refractivity contribution < 1.29 is 22.6 Å². The standard InChI is InChI=1S/C19H33N3O5S.HI/c1-16(2)27-18-8-6-17(7-9-18)22-19(21-11-15-28(4,23)24)20-10-5-12-26-14-13-25-3;/h6-9,16H,5,10-15H2,1-4H3,(H2,20,21,22);1H. The van der Waals surface area contributed by atoms with E-state index in [-0.39, 0.29) is 42.4 Å². The van der Waals surface area contributed by atoms with Crippen LogP contribution >= 0.6 is 24.0 Å². The van der Waals surface area contributed by atoms with Crippen molar-refractivity contribution in [2.75, 3.05) is 57.3 Å². The van der Waals surface area contributed by atoms with Gasteiger partial charge >= 0.3 is 0 Å². The molecule has 0 saturated carbocycles. The highest BCUT2D eigenvalue weighted by Gasteiger charge is 2.05. The third-order valence-corrected chi connectivity index (χ3v) is 4.35. The molecule has 1 aromatic rings. The number of hydrogen-bond donors (Lipinski definition) is 2. The summed E-state index contributed by atoms with van der Waals surface area (Å²) in [4.78, 5) is 4.48. The zero-order valence-electron chi connectivity index (χ0n) is 17.6. The average Bonchev–Trinajstić information content (AvgIpc) is 2.61. The van der Waals surface area contributed by atoms with Crippen LogP contribution in [0.3, 0.4) is 0 Å². The summed E-state index contributed by atoms with van der Waals surface area (Å²) in [6.07, 6.45) is 2.08. The van der Waals surface area contributed by atoms with Gasteiger partial charge in [0.15, 0.2) is 5.96 Å². The molecule has 8 nitrogen and oxygen atoms in total. The maximum absolute atomic E-state index is 11.3. The summed E-state index contributed by atoms with van der Waals surface area (Å²) in [7, 11) is -1.41. The van der Waals surface area contributed by atoms with Gasteiger partial charge in [-0.3, -0.25) is 4.99 Å². The first-order valence-corrected chi connectivity index (χ1v) is 11.4. The maximum atomic E-state index is 11.3. The lowest BCUT2D eigenvalue weighted by Gasteiger charge is -2.14. The highest BCUT2D eigenvalue weighted by Crippen LogP contribution is 2.16. The van der Waals surface area contributed by atoms with Crippen molar-refractivity contribution in [3.63, 3.8) is 0 Å². The molecule has 0 aliphatic heterocycles. The first kappa shape index (κ1) is 27.9. The van der Waals surface area contributed by atoms with Crippen LogP contribution in [0.5, 0.6) is 5.75 Å². The molecule has 0 saturated heterocycles. The molecule has 0 spiro atoms. The van der Waals surface area contributed by atoms with Crippen molar-refractivity contribution in [1.29, 1.82) is 0 Å². The van der Waals surface area contributed by atoms with E-state index in [2.05, 4.69) is 15.6 Å². The Morgan fingerprint density at radius 3 is 2.41 bits per heavy atom. The zero-order chi connectivity index (χ0) is 20.8. The number of benzene rings is 1. The number of nitrogens with zero attached hydrogens (tertiary/aromatic N) is 1. The monoisotopic (exact) mass is 543 g/mol. The van der Waals surface area contributed by atoms with Crippen LogP contribution in [0.4, 0.5) is 5.69 Å². The molecular formula is C19H34IN3O5S. The summed E-state index contributed by atoms with van der Waals surface area (Å²) in [5.41, 5.74) is 0.832. The number of hydrogen-bond acceptors (Lipinski definition) is 6. The molecule has 0 atom stereocenters. The lowest BCUT2D eigenvalue weighted by Crippen LogP contribution is -2.34. The molecule has 0 fully saturated rings. The number of halogens is 1. The van der Waals surface area contributed by atoms with Gasteiger partial charge in [-0.2, -0.15) is 0 Å². The second kappa shape index (κ2) is 15.7. The van der Waals surface area contributed by atoms with E-state index in [1.54, 1.807) is 7.11 Å². The largest absolute Gasteiger partial charge is 0.491 e. The van der Waals surface area contributed by atoms with Crippen molar-refractivity contribution in [3.8, 4) is 5.75 Å². The highest BCUT2D eigenvalue weighted by molar-refractivity contribution is 14.0. The van der Waals surface area contributed by atoms with E-state index in [1.165, 1.54) is 6.26 Å². The van der Waals surface area contributed by atoms with Crippen LogP contribution in [0.2, 0.25) is 0 Å². The fourth-order valence-electron chi connectivity index (χ4n) is 2.12. The number of guanidine groups is 1. The highest BCUT2D eigenvalue weighted by atomic mass is 127. The maximum Gasteiger partial charge on any atom is 0.195 e. The summed E-state index contributed by atoms with van der Waals surface area (Å²) >= 11 is 0. The molecular weight excluding hydrogens is 509 g/mol. The molecule has 0 unspecified atom stereocenters. The Bertz CT molecular complexity index is 682. The summed E-state index contributed by atoms with van der Waals surface area (Å²) in [6.45, 7) is 6.50. The van der Waals surface area contributed by atoms with E-state index in [0.29, 0.717) is 32.3 Å². The Hall–Kier alpha value is -1.11. The summed E-state index contributed by atoms with van der Waals surface area (Å²) < 4.78 is 38.7. The number of rotatable bonds is 13. The Balaban J connectivity index is 0.00000784. The van der Waals surface area contributed by atoms with Crippen molar-refractivity contribution >= 4 is 45.5 Å². The van der Waals surface area contributed by atoms with Crippen LogP contribution in [-0.2, 0) is 19.3 Å². The Morgan fingerprint density at radius 2 is 1.83 bits per heavy atom. The van der Waals surface area contributed by atoms with Gasteiger partial charge < -0.3 is 24.8 Å². The molecule has 1 rings (SSSR count). The lowest BCUT2D eigenvalue weighted by atomic mass is 10.3. The molecule has 168 valence electrons. The van der Waals surface area contributed by atoms with Crippen LogP contribution in [-0.4, -0.2) is 72.5 Å². The third kappa shape index (κ3) is 15.4. The number of anilines is 1. The Morgan fingerprint density at radius 1 is 1.14 bits per heavy atom. The molecule has 0 radical (unpaired) electrons. The predicted octanol–water partition coefficient (Wildman–Crippen LogP) is 2.55. The summed E-state index contributed by atoms with van der Waals surface area (Å²) in [5.74, 6) is 1.35. The van der Waals surface area contributed by atoms with Gasteiger partial charge in [0.25, 0.3) is 0 Å². The zero-order valence-corrected chi connectivity index (χ0v) is 20.8. The van der Waals surface area contributed by atoms with E-state index < -0.39 is 9.84 Å². The van der Waals surface area contributed by atoms with E-state index in [0.717, 1.165) is 17.9 Å². The van der Waals surface area contributed by atoms with Crippen LogP contribution in [0.15, 0.2) is 29.3 Å². The topological polar surface area (TPSA) is 98.3 Å². The molecule has 0 aliphatic carbocycles. The fraction of sp³-hybridized carbons (Fsp3) is 0.632. The van der Waals surface area contributed by atoms with Crippen LogP contribution in [0, 0.1) is 0 Å². The molecule has 10 heteroatoms. The first-order valence-electron chi connectivity index (χ1n) is 9.36. The molecule has 2 N–H and O–H groups in total. The smallest absolute Gasteiger partial charge is 0.195 e. The molecule has 0 aromatic heterocycles. The lowest BCUT2D eigenvalue weighted by molar-refractivity contribution is 0.0702. The third-order valence-electron chi connectivity index (χ3n) is 3.40. The molecule has 0 heterocycles. The number of ether oxygens (including phenoxy) is 3. The van der Waals surface area contributed by atoms with Gasteiger partial charge in [0.2, 0.25) is 0 Å². The fourth-order valence-corrected chi connectivity index (χ4v) is 2.59. The summed E-state index contributed by atoms with van der Waals surface area (Å²) in [6, 6.07) is 7.53. The summed E-state index contributed by atoms with van der Waals surface area (Å²) in [5, 5.41) is 6.24. The number of methoxy groups -OCH3 is 1.